The van der Waals surface area contributed by atoms with Crippen LogP contribution < -0.4 is 10.2 Å². The smallest absolute Gasteiger partial charge is 0.173 e. The fraction of sp³-hybridized carbons (Fsp3) is 0.389. The zero-order valence-electron chi connectivity index (χ0n) is 14.1. The minimum Gasteiger partial charge on any atom is -0.338 e. The van der Waals surface area contributed by atoms with Crippen LogP contribution in [0.3, 0.4) is 0 Å². The van der Waals surface area contributed by atoms with Crippen LogP contribution in [0, 0.1) is 0 Å². The number of nitrogens with one attached hydrogen (secondary N) is 2. The Morgan fingerprint density at radius 2 is 2.00 bits per heavy atom. The number of nitrogens with zero attached hydrogens (tertiary/aromatic N) is 1. The number of thiocarbonyl (C=S) groups is 1. The van der Waals surface area contributed by atoms with E-state index in [9.17, 15) is 0 Å². The van der Waals surface area contributed by atoms with Gasteiger partial charge in [-0.1, -0.05) is 31.2 Å². The zero-order valence-corrected chi connectivity index (χ0v) is 15.8. The van der Waals surface area contributed by atoms with Crippen LogP contribution in [0.25, 0.3) is 0 Å². The first-order valence-electron chi connectivity index (χ1n) is 8.05. The van der Waals surface area contributed by atoms with Gasteiger partial charge in [-0.2, -0.15) is 0 Å². The van der Waals surface area contributed by atoms with Crippen molar-refractivity contribution in [2.45, 2.75) is 19.9 Å². The van der Waals surface area contributed by atoms with Crippen molar-refractivity contribution < 1.29 is 4.90 Å². The molecule has 0 aliphatic rings. The maximum atomic E-state index is 5.70. The molecule has 0 aliphatic carbocycles. The predicted octanol–water partition coefficient (Wildman–Crippen LogP) is 2.65. The van der Waals surface area contributed by atoms with Gasteiger partial charge in [-0.3, -0.25) is 0 Å². The fourth-order valence-corrected chi connectivity index (χ4v) is 3.33. The standard InChI is InChI=1S/C18H25N3S2/c1-4-15-8-5-6-10-17(15)19-18(22)21(12-11-20(2)3)14-16-9-7-13-23-16/h5-10,13H,4,11-12,14H2,1-3H3,(H,19,22)/p+1. The molecule has 3 nitrogen and oxygen atoms in total. The molecule has 2 aromatic rings. The molecule has 0 saturated carbocycles. The third-order valence-corrected chi connectivity index (χ3v) is 4.96. The summed E-state index contributed by atoms with van der Waals surface area (Å²) in [7, 11) is 4.35. The van der Waals surface area contributed by atoms with Gasteiger partial charge in [0.25, 0.3) is 0 Å². The van der Waals surface area contributed by atoms with Crippen LogP contribution in [0.4, 0.5) is 5.69 Å². The molecule has 2 N–H and O–H groups in total. The van der Waals surface area contributed by atoms with Gasteiger partial charge >= 0.3 is 0 Å². The molecule has 0 fully saturated rings. The topological polar surface area (TPSA) is 19.7 Å². The minimum atomic E-state index is 0.806. The molecule has 1 heterocycles. The molecule has 23 heavy (non-hydrogen) atoms. The number of aryl methyl sites for hydroxylation is 1. The zero-order chi connectivity index (χ0) is 16.7. The Hall–Kier alpha value is -1.43. The number of rotatable bonds is 7. The lowest BCUT2D eigenvalue weighted by atomic mass is 10.1. The molecule has 5 heteroatoms. The van der Waals surface area contributed by atoms with Crippen molar-refractivity contribution in [3.63, 3.8) is 0 Å². The maximum absolute atomic E-state index is 5.70. The molecule has 0 saturated heterocycles. The second kappa shape index (κ2) is 9.01. The first kappa shape index (κ1) is 17.9. The summed E-state index contributed by atoms with van der Waals surface area (Å²) < 4.78 is 0. The Kier molecular flexibility index (Phi) is 7.02. The number of hydrogen-bond acceptors (Lipinski definition) is 2. The molecule has 0 bridgehead atoms. The van der Waals surface area contributed by atoms with E-state index in [4.69, 9.17) is 12.2 Å². The summed E-state index contributed by atoms with van der Waals surface area (Å²) in [6, 6.07) is 12.6. The van der Waals surface area contributed by atoms with Crippen LogP contribution in [-0.2, 0) is 13.0 Å². The highest BCUT2D eigenvalue weighted by Crippen LogP contribution is 2.17. The molecule has 0 spiro atoms. The highest BCUT2D eigenvalue weighted by atomic mass is 32.1. The largest absolute Gasteiger partial charge is 0.338 e. The Balaban J connectivity index is 2.08. The van der Waals surface area contributed by atoms with E-state index in [1.807, 2.05) is 0 Å². The minimum absolute atomic E-state index is 0.806. The van der Waals surface area contributed by atoms with Crippen molar-refractivity contribution >= 4 is 34.4 Å². The van der Waals surface area contributed by atoms with Crippen LogP contribution in [0.1, 0.15) is 17.4 Å². The Bertz CT molecular complexity index is 608. The third-order valence-electron chi connectivity index (χ3n) is 3.74. The van der Waals surface area contributed by atoms with Gasteiger partial charge in [-0.05, 0) is 41.7 Å². The van der Waals surface area contributed by atoms with Crippen molar-refractivity contribution in [1.82, 2.24) is 4.90 Å². The van der Waals surface area contributed by atoms with Gasteiger partial charge in [-0.15, -0.1) is 11.3 Å². The van der Waals surface area contributed by atoms with E-state index in [0.29, 0.717) is 0 Å². The number of hydrogen-bond donors (Lipinski definition) is 2. The van der Waals surface area contributed by atoms with Crippen molar-refractivity contribution in [2.75, 3.05) is 32.5 Å². The number of thiophene rings is 1. The van der Waals surface area contributed by atoms with Gasteiger partial charge in [0.05, 0.1) is 33.7 Å². The van der Waals surface area contributed by atoms with E-state index in [2.05, 4.69) is 73.0 Å². The normalized spacial score (nSPS) is 10.8. The van der Waals surface area contributed by atoms with Crippen LogP contribution in [0.5, 0.6) is 0 Å². The lowest BCUT2D eigenvalue weighted by Gasteiger charge is -2.26. The van der Waals surface area contributed by atoms with Crippen molar-refractivity contribution in [3.05, 3.63) is 52.2 Å². The summed E-state index contributed by atoms with van der Waals surface area (Å²) >= 11 is 7.48. The Morgan fingerprint density at radius 3 is 2.65 bits per heavy atom. The highest BCUT2D eigenvalue weighted by Gasteiger charge is 2.13. The molecule has 1 aromatic heterocycles. The SMILES string of the molecule is CCc1ccccc1NC(=S)N(CC[NH+](C)C)Cc1cccs1. The van der Waals surface area contributed by atoms with Crippen molar-refractivity contribution in [1.29, 1.82) is 0 Å². The molecule has 0 atom stereocenters. The first-order chi connectivity index (χ1) is 11.1. The molecule has 0 aliphatic heterocycles. The second-order valence-electron chi connectivity index (χ2n) is 5.90. The van der Waals surface area contributed by atoms with Gasteiger partial charge in [0, 0.05) is 10.6 Å². The number of quaternary nitrogens is 1. The highest BCUT2D eigenvalue weighted by molar-refractivity contribution is 7.80. The number of para-hydroxylation sites is 1. The van der Waals surface area contributed by atoms with Gasteiger partial charge in [0.2, 0.25) is 0 Å². The molecule has 1 aromatic carbocycles. The Morgan fingerprint density at radius 1 is 1.22 bits per heavy atom. The average molecular weight is 349 g/mol. The van der Waals surface area contributed by atoms with Crippen LogP contribution in [0.2, 0.25) is 0 Å². The van der Waals surface area contributed by atoms with E-state index in [0.717, 1.165) is 36.9 Å². The predicted molar refractivity (Wildman–Crippen MR) is 104 cm³/mol. The van der Waals surface area contributed by atoms with Crippen molar-refractivity contribution in [3.8, 4) is 0 Å². The molecular formula is C18H26N3S2+. The summed E-state index contributed by atoms with van der Waals surface area (Å²) in [4.78, 5) is 5.03. The molecule has 0 unspecified atom stereocenters. The van der Waals surface area contributed by atoms with E-state index in [-0.39, 0.29) is 0 Å². The van der Waals surface area contributed by atoms with E-state index in [1.54, 1.807) is 11.3 Å². The van der Waals surface area contributed by atoms with Crippen LogP contribution >= 0.6 is 23.6 Å². The summed E-state index contributed by atoms with van der Waals surface area (Å²) in [5, 5.41) is 6.38. The molecule has 0 radical (unpaired) electrons. The number of anilines is 1. The molecular weight excluding hydrogens is 322 g/mol. The molecule has 2 rings (SSSR count). The fourth-order valence-electron chi connectivity index (χ4n) is 2.35. The third kappa shape index (κ3) is 5.61. The van der Waals surface area contributed by atoms with Gasteiger partial charge in [0.15, 0.2) is 5.11 Å². The van der Waals surface area contributed by atoms with Crippen molar-refractivity contribution in [2.24, 2.45) is 0 Å². The summed E-state index contributed by atoms with van der Waals surface area (Å²) in [5.74, 6) is 0. The van der Waals surface area contributed by atoms with Crippen LogP contribution in [-0.4, -0.2) is 37.2 Å². The number of benzene rings is 1. The number of likely N-dealkylation sites (N-methyl/N-ethyl adjacent to an activating group) is 1. The van der Waals surface area contributed by atoms with E-state index in [1.165, 1.54) is 15.3 Å². The van der Waals surface area contributed by atoms with E-state index >= 15 is 0 Å². The van der Waals surface area contributed by atoms with Gasteiger partial charge < -0.3 is 15.1 Å². The van der Waals surface area contributed by atoms with E-state index < -0.39 is 0 Å². The lowest BCUT2D eigenvalue weighted by Crippen LogP contribution is -3.06. The second-order valence-corrected chi connectivity index (χ2v) is 7.32. The molecule has 124 valence electrons. The summed E-state index contributed by atoms with van der Waals surface area (Å²) in [6.07, 6.45) is 0.999. The van der Waals surface area contributed by atoms with Crippen LogP contribution in [0.15, 0.2) is 41.8 Å². The van der Waals surface area contributed by atoms with Gasteiger partial charge in [0.1, 0.15) is 0 Å². The molecule has 0 amide bonds. The maximum Gasteiger partial charge on any atom is 0.173 e. The Labute approximate surface area is 148 Å². The average Bonchev–Trinajstić information content (AvgIpc) is 3.04. The summed E-state index contributed by atoms with van der Waals surface area (Å²) in [6.45, 7) is 5.04. The quantitative estimate of drug-likeness (QED) is 0.751. The lowest BCUT2D eigenvalue weighted by molar-refractivity contribution is -0.857. The van der Waals surface area contributed by atoms with Gasteiger partial charge in [-0.25, -0.2) is 0 Å². The summed E-state index contributed by atoms with van der Waals surface area (Å²) in [5.41, 5.74) is 2.41. The monoisotopic (exact) mass is 348 g/mol. The first-order valence-corrected chi connectivity index (χ1v) is 9.34.